The highest BCUT2D eigenvalue weighted by Crippen LogP contribution is 2.50. The minimum Gasteiger partial charge on any atom is -0.449 e. The van der Waals surface area contributed by atoms with Gasteiger partial charge in [0.25, 0.3) is 0 Å². The zero-order valence-corrected chi connectivity index (χ0v) is 20.7. The van der Waals surface area contributed by atoms with Crippen molar-refractivity contribution in [2.45, 2.75) is 0 Å². The van der Waals surface area contributed by atoms with Gasteiger partial charge in [-0.3, -0.25) is 4.57 Å². The van der Waals surface area contributed by atoms with E-state index in [0.717, 1.165) is 32.9 Å². The van der Waals surface area contributed by atoms with E-state index >= 15 is 0 Å². The van der Waals surface area contributed by atoms with Gasteiger partial charge in [-0.15, -0.1) is 0 Å². The van der Waals surface area contributed by atoms with Crippen molar-refractivity contribution in [3.05, 3.63) is 121 Å². The Kier molecular flexibility index (Phi) is 4.72. The fourth-order valence-electron chi connectivity index (χ4n) is 5.14. The second kappa shape index (κ2) is 8.53. The van der Waals surface area contributed by atoms with Gasteiger partial charge < -0.3 is 9.47 Å². The van der Waals surface area contributed by atoms with E-state index in [2.05, 4.69) is 22.8 Å². The zero-order valence-electron chi connectivity index (χ0n) is 20.7. The van der Waals surface area contributed by atoms with Gasteiger partial charge in [-0.2, -0.15) is 9.97 Å². The Balaban J connectivity index is 1.46. The molecular formula is C33H20N4O2. The SMILES string of the molecule is c1ccc(-c2nc(-c3ccccc3)nc(-n3c4ccccc4c4ccc5c(c43)Oc3ccccc3O5)n2)cc1. The van der Waals surface area contributed by atoms with Crippen molar-refractivity contribution in [3.8, 4) is 51.7 Å². The average molecular weight is 505 g/mol. The number of hydrogen-bond donors (Lipinski definition) is 0. The van der Waals surface area contributed by atoms with Crippen molar-refractivity contribution in [2.75, 3.05) is 0 Å². The summed E-state index contributed by atoms with van der Waals surface area (Å²) in [5.74, 6) is 4.32. The van der Waals surface area contributed by atoms with E-state index in [0.29, 0.717) is 40.6 Å². The summed E-state index contributed by atoms with van der Waals surface area (Å²) in [6.45, 7) is 0. The quantitative estimate of drug-likeness (QED) is 0.243. The van der Waals surface area contributed by atoms with Crippen LogP contribution in [0.15, 0.2) is 121 Å². The largest absolute Gasteiger partial charge is 0.449 e. The molecule has 6 nitrogen and oxygen atoms in total. The van der Waals surface area contributed by atoms with E-state index in [1.54, 1.807) is 0 Å². The van der Waals surface area contributed by atoms with Crippen LogP contribution in [0.25, 0.3) is 50.5 Å². The van der Waals surface area contributed by atoms with Crippen LogP contribution in [0.2, 0.25) is 0 Å². The molecule has 2 aromatic heterocycles. The maximum Gasteiger partial charge on any atom is 0.238 e. The van der Waals surface area contributed by atoms with Crippen LogP contribution < -0.4 is 9.47 Å². The van der Waals surface area contributed by atoms with E-state index in [1.807, 2.05) is 103 Å². The van der Waals surface area contributed by atoms with Crippen molar-refractivity contribution in [1.82, 2.24) is 19.5 Å². The lowest BCUT2D eigenvalue weighted by molar-refractivity contribution is 0.362. The minimum atomic E-state index is 0.504. The van der Waals surface area contributed by atoms with Crippen molar-refractivity contribution in [3.63, 3.8) is 0 Å². The monoisotopic (exact) mass is 504 g/mol. The molecule has 7 aromatic rings. The van der Waals surface area contributed by atoms with Crippen molar-refractivity contribution in [2.24, 2.45) is 0 Å². The van der Waals surface area contributed by atoms with Crippen LogP contribution in [0, 0.1) is 0 Å². The lowest BCUT2D eigenvalue weighted by atomic mass is 10.1. The lowest BCUT2D eigenvalue weighted by Gasteiger charge is -2.21. The Bertz CT molecular complexity index is 1960. The average Bonchev–Trinajstić information content (AvgIpc) is 3.36. The third-order valence-electron chi connectivity index (χ3n) is 6.92. The molecular weight excluding hydrogens is 484 g/mol. The van der Waals surface area contributed by atoms with Gasteiger partial charge in [-0.25, -0.2) is 4.98 Å². The molecule has 0 N–H and O–H groups in total. The Morgan fingerprint density at radius 1 is 0.462 bits per heavy atom. The molecule has 0 spiro atoms. The maximum atomic E-state index is 6.50. The van der Waals surface area contributed by atoms with Gasteiger partial charge in [-0.1, -0.05) is 91.0 Å². The molecule has 0 fully saturated rings. The Morgan fingerprint density at radius 3 is 1.74 bits per heavy atom. The summed E-state index contributed by atoms with van der Waals surface area (Å²) in [6, 6.07) is 39.9. The molecule has 0 radical (unpaired) electrons. The minimum absolute atomic E-state index is 0.504. The molecule has 6 heteroatoms. The van der Waals surface area contributed by atoms with Crippen LogP contribution in [0.4, 0.5) is 0 Å². The number of benzene rings is 5. The predicted molar refractivity (Wildman–Crippen MR) is 152 cm³/mol. The van der Waals surface area contributed by atoms with E-state index in [4.69, 9.17) is 24.4 Å². The van der Waals surface area contributed by atoms with E-state index in [-0.39, 0.29) is 0 Å². The zero-order chi connectivity index (χ0) is 25.8. The third kappa shape index (κ3) is 3.46. The lowest BCUT2D eigenvalue weighted by Crippen LogP contribution is -2.07. The highest BCUT2D eigenvalue weighted by atomic mass is 16.6. The van der Waals surface area contributed by atoms with Crippen LogP contribution in [-0.4, -0.2) is 19.5 Å². The number of aromatic nitrogens is 4. The standard InChI is InChI=1S/C33H20N4O2/c1-3-11-21(12-4-1)31-34-32(22-13-5-2-6-14-22)36-33(35-31)37-25-16-8-7-15-23(25)24-19-20-28-30(29(24)37)39-27-18-10-9-17-26(27)38-28/h1-20H. The third-order valence-corrected chi connectivity index (χ3v) is 6.92. The summed E-state index contributed by atoms with van der Waals surface area (Å²) >= 11 is 0. The van der Waals surface area contributed by atoms with Gasteiger partial charge in [0.05, 0.1) is 5.52 Å². The normalized spacial score (nSPS) is 12.0. The topological polar surface area (TPSA) is 62.1 Å². The van der Waals surface area contributed by atoms with Crippen molar-refractivity contribution < 1.29 is 9.47 Å². The first-order chi connectivity index (χ1) is 19.3. The molecule has 0 atom stereocenters. The summed E-state index contributed by atoms with van der Waals surface area (Å²) in [5.41, 5.74) is 3.63. The molecule has 1 aliphatic rings. The van der Waals surface area contributed by atoms with E-state index in [9.17, 15) is 0 Å². The molecule has 3 heterocycles. The van der Waals surface area contributed by atoms with Gasteiger partial charge in [-0.05, 0) is 30.3 Å². The van der Waals surface area contributed by atoms with Crippen LogP contribution in [0.5, 0.6) is 23.0 Å². The first-order valence-corrected chi connectivity index (χ1v) is 12.7. The predicted octanol–water partition coefficient (Wildman–Crippen LogP) is 8.20. The molecule has 1 aliphatic heterocycles. The van der Waals surface area contributed by atoms with Crippen molar-refractivity contribution >= 4 is 21.8 Å². The molecule has 5 aromatic carbocycles. The van der Waals surface area contributed by atoms with Gasteiger partial charge in [0.15, 0.2) is 34.6 Å². The second-order valence-electron chi connectivity index (χ2n) is 9.31. The van der Waals surface area contributed by atoms with Crippen molar-refractivity contribution in [1.29, 1.82) is 0 Å². The molecule has 0 saturated heterocycles. The molecule has 184 valence electrons. The van der Waals surface area contributed by atoms with Gasteiger partial charge >= 0.3 is 0 Å². The number of para-hydroxylation sites is 3. The molecule has 39 heavy (non-hydrogen) atoms. The highest BCUT2D eigenvalue weighted by molar-refractivity contribution is 6.12. The second-order valence-corrected chi connectivity index (χ2v) is 9.31. The summed E-state index contributed by atoms with van der Waals surface area (Å²) in [5, 5.41) is 2.09. The highest BCUT2D eigenvalue weighted by Gasteiger charge is 2.26. The number of ether oxygens (including phenoxy) is 2. The van der Waals surface area contributed by atoms with Gasteiger partial charge in [0, 0.05) is 21.9 Å². The van der Waals surface area contributed by atoms with Crippen LogP contribution in [-0.2, 0) is 0 Å². The number of fused-ring (bicyclic) bond motifs is 6. The molecule has 0 saturated carbocycles. The van der Waals surface area contributed by atoms with Gasteiger partial charge in [0.2, 0.25) is 5.95 Å². The Morgan fingerprint density at radius 2 is 1.05 bits per heavy atom. The number of rotatable bonds is 3. The summed E-state index contributed by atoms with van der Waals surface area (Å²) in [7, 11) is 0. The molecule has 0 aliphatic carbocycles. The Hall–Kier alpha value is -5.49. The Labute approximate surface area is 223 Å². The number of nitrogens with zero attached hydrogens (tertiary/aromatic N) is 4. The van der Waals surface area contributed by atoms with E-state index < -0.39 is 0 Å². The molecule has 0 bridgehead atoms. The van der Waals surface area contributed by atoms with Gasteiger partial charge in [0.1, 0.15) is 5.52 Å². The maximum absolute atomic E-state index is 6.50. The fourth-order valence-corrected chi connectivity index (χ4v) is 5.14. The summed E-state index contributed by atoms with van der Waals surface area (Å²) < 4.78 is 14.8. The summed E-state index contributed by atoms with van der Waals surface area (Å²) in [4.78, 5) is 14.9. The first-order valence-electron chi connectivity index (χ1n) is 12.7. The van der Waals surface area contributed by atoms with Crippen LogP contribution in [0.3, 0.4) is 0 Å². The van der Waals surface area contributed by atoms with Crippen LogP contribution in [0.1, 0.15) is 0 Å². The first kappa shape index (κ1) is 21.6. The fraction of sp³-hybridized carbons (Fsp3) is 0. The van der Waals surface area contributed by atoms with Crippen LogP contribution >= 0.6 is 0 Å². The summed E-state index contributed by atoms with van der Waals surface area (Å²) in [6.07, 6.45) is 0. The molecule has 0 amide bonds. The number of hydrogen-bond acceptors (Lipinski definition) is 5. The smallest absolute Gasteiger partial charge is 0.238 e. The molecule has 0 unspecified atom stereocenters. The van der Waals surface area contributed by atoms with E-state index in [1.165, 1.54) is 0 Å². The molecule has 8 rings (SSSR count).